The van der Waals surface area contributed by atoms with E-state index in [4.69, 9.17) is 0 Å². The standard InChI is InChI=1S/C14H15N3O4/c1-16(2)12(19)7-15-11(18)8-17-13(20)9-5-3-4-6-10(9)14(17)21/h3-6H,7-8H2,1-2H3,(H,15,18). The van der Waals surface area contributed by atoms with Gasteiger partial charge >= 0.3 is 0 Å². The third-order valence-electron chi connectivity index (χ3n) is 3.12. The lowest BCUT2D eigenvalue weighted by Crippen LogP contribution is -2.43. The number of imide groups is 1. The van der Waals surface area contributed by atoms with Crippen LogP contribution < -0.4 is 5.32 Å². The van der Waals surface area contributed by atoms with E-state index in [-0.39, 0.29) is 12.5 Å². The number of hydrogen-bond acceptors (Lipinski definition) is 4. The summed E-state index contributed by atoms with van der Waals surface area (Å²) in [5.41, 5.74) is 0.583. The summed E-state index contributed by atoms with van der Waals surface area (Å²) in [6.45, 7) is -0.567. The van der Waals surface area contributed by atoms with Crippen molar-refractivity contribution in [2.75, 3.05) is 27.2 Å². The summed E-state index contributed by atoms with van der Waals surface area (Å²) >= 11 is 0. The van der Waals surface area contributed by atoms with E-state index in [0.29, 0.717) is 11.1 Å². The molecule has 4 amide bonds. The second-order valence-electron chi connectivity index (χ2n) is 4.81. The summed E-state index contributed by atoms with van der Waals surface area (Å²) < 4.78 is 0. The fourth-order valence-corrected chi connectivity index (χ4v) is 1.91. The molecule has 0 aliphatic carbocycles. The molecule has 0 spiro atoms. The third-order valence-corrected chi connectivity index (χ3v) is 3.12. The van der Waals surface area contributed by atoms with E-state index in [9.17, 15) is 19.2 Å². The van der Waals surface area contributed by atoms with Crippen molar-refractivity contribution in [2.24, 2.45) is 0 Å². The van der Waals surface area contributed by atoms with Crippen LogP contribution in [0.3, 0.4) is 0 Å². The van der Waals surface area contributed by atoms with Gasteiger partial charge in [-0.3, -0.25) is 24.1 Å². The van der Waals surface area contributed by atoms with Crippen molar-refractivity contribution >= 4 is 23.6 Å². The SMILES string of the molecule is CN(C)C(=O)CNC(=O)CN1C(=O)c2ccccc2C1=O. The molecule has 1 N–H and O–H groups in total. The first-order valence-corrected chi connectivity index (χ1v) is 6.34. The number of benzene rings is 1. The first-order chi connectivity index (χ1) is 9.91. The maximum atomic E-state index is 12.0. The highest BCUT2D eigenvalue weighted by Crippen LogP contribution is 2.21. The number of carbonyl (C=O) groups excluding carboxylic acids is 4. The van der Waals surface area contributed by atoms with Crippen LogP contribution in [0, 0.1) is 0 Å². The van der Waals surface area contributed by atoms with Crippen LogP contribution in [0.15, 0.2) is 24.3 Å². The van der Waals surface area contributed by atoms with Gasteiger partial charge in [0.25, 0.3) is 11.8 Å². The minimum absolute atomic E-state index is 0.172. The van der Waals surface area contributed by atoms with Gasteiger partial charge in [0.2, 0.25) is 11.8 Å². The van der Waals surface area contributed by atoms with Crippen LogP contribution in [0.2, 0.25) is 0 Å². The molecule has 1 aromatic carbocycles. The van der Waals surface area contributed by atoms with Crippen molar-refractivity contribution < 1.29 is 19.2 Å². The first kappa shape index (κ1) is 14.7. The minimum atomic E-state index is -0.556. The number of nitrogens with one attached hydrogen (secondary N) is 1. The molecule has 1 aliphatic rings. The summed E-state index contributed by atoms with van der Waals surface area (Å²) in [7, 11) is 3.14. The van der Waals surface area contributed by atoms with Crippen molar-refractivity contribution in [2.45, 2.75) is 0 Å². The largest absolute Gasteiger partial charge is 0.347 e. The van der Waals surface area contributed by atoms with Crippen molar-refractivity contribution in [3.8, 4) is 0 Å². The van der Waals surface area contributed by atoms with Crippen LogP contribution in [-0.4, -0.2) is 60.6 Å². The van der Waals surface area contributed by atoms with Gasteiger partial charge in [-0.05, 0) is 12.1 Å². The molecule has 0 bridgehead atoms. The molecule has 1 aromatic rings. The molecule has 0 fully saturated rings. The van der Waals surface area contributed by atoms with Gasteiger partial charge in [-0.1, -0.05) is 12.1 Å². The predicted molar refractivity (Wildman–Crippen MR) is 73.5 cm³/mol. The quantitative estimate of drug-likeness (QED) is 0.756. The van der Waals surface area contributed by atoms with E-state index in [1.165, 1.54) is 4.90 Å². The van der Waals surface area contributed by atoms with Crippen molar-refractivity contribution in [3.63, 3.8) is 0 Å². The number of hydrogen-bond donors (Lipinski definition) is 1. The maximum Gasteiger partial charge on any atom is 0.262 e. The van der Waals surface area contributed by atoms with Crippen molar-refractivity contribution in [1.82, 2.24) is 15.1 Å². The van der Waals surface area contributed by atoms with E-state index in [0.717, 1.165) is 4.90 Å². The Hall–Kier alpha value is -2.70. The van der Waals surface area contributed by atoms with Crippen molar-refractivity contribution in [1.29, 1.82) is 0 Å². The highest BCUT2D eigenvalue weighted by Gasteiger charge is 2.36. The first-order valence-electron chi connectivity index (χ1n) is 6.34. The minimum Gasteiger partial charge on any atom is -0.347 e. The van der Waals surface area contributed by atoms with Gasteiger partial charge in [-0.25, -0.2) is 0 Å². The van der Waals surface area contributed by atoms with Crippen molar-refractivity contribution in [3.05, 3.63) is 35.4 Å². The Morgan fingerprint density at radius 3 is 2.10 bits per heavy atom. The molecular formula is C14H15N3O4. The summed E-state index contributed by atoms with van der Waals surface area (Å²) in [6, 6.07) is 6.40. The van der Waals surface area contributed by atoms with Gasteiger partial charge in [-0.15, -0.1) is 0 Å². The lowest BCUT2D eigenvalue weighted by Gasteiger charge is -2.14. The number of likely N-dealkylation sites (N-methyl/N-ethyl adjacent to an activating group) is 1. The number of fused-ring (bicyclic) bond motifs is 1. The predicted octanol–water partition coefficient (Wildman–Crippen LogP) is -0.513. The monoisotopic (exact) mass is 289 g/mol. The number of carbonyl (C=O) groups is 4. The van der Waals surface area contributed by atoms with Gasteiger partial charge < -0.3 is 10.2 Å². The molecular weight excluding hydrogens is 274 g/mol. The van der Waals surface area contributed by atoms with Crippen LogP contribution >= 0.6 is 0 Å². The van der Waals surface area contributed by atoms with Crippen LogP contribution in [0.25, 0.3) is 0 Å². The third kappa shape index (κ3) is 2.91. The van der Waals surface area contributed by atoms with Crippen LogP contribution in [0.1, 0.15) is 20.7 Å². The maximum absolute atomic E-state index is 12.0. The van der Waals surface area contributed by atoms with Gasteiger partial charge in [0.15, 0.2) is 0 Å². The zero-order chi connectivity index (χ0) is 15.6. The van der Waals surface area contributed by atoms with Gasteiger partial charge in [0, 0.05) is 14.1 Å². The molecule has 0 unspecified atom stereocenters. The van der Waals surface area contributed by atoms with Gasteiger partial charge in [0.05, 0.1) is 17.7 Å². The Morgan fingerprint density at radius 2 is 1.62 bits per heavy atom. The number of nitrogens with zero attached hydrogens (tertiary/aromatic N) is 2. The fourth-order valence-electron chi connectivity index (χ4n) is 1.91. The molecule has 0 atom stereocenters. The zero-order valence-corrected chi connectivity index (χ0v) is 11.8. The molecule has 0 saturated heterocycles. The van der Waals surface area contributed by atoms with E-state index >= 15 is 0 Å². The summed E-state index contributed by atoms with van der Waals surface area (Å²) in [6.07, 6.45) is 0. The topological polar surface area (TPSA) is 86.8 Å². The molecule has 1 aliphatic heterocycles. The zero-order valence-electron chi connectivity index (χ0n) is 11.8. The lowest BCUT2D eigenvalue weighted by atomic mass is 10.1. The van der Waals surface area contributed by atoms with Gasteiger partial charge in [0.1, 0.15) is 6.54 Å². The summed E-state index contributed by atoms with van der Waals surface area (Å²) in [5, 5.41) is 2.38. The van der Waals surface area contributed by atoms with E-state index < -0.39 is 24.3 Å². The second-order valence-corrected chi connectivity index (χ2v) is 4.81. The molecule has 0 saturated carbocycles. The van der Waals surface area contributed by atoms with E-state index in [1.54, 1.807) is 38.4 Å². The van der Waals surface area contributed by atoms with Crippen LogP contribution in [0.4, 0.5) is 0 Å². The van der Waals surface area contributed by atoms with Crippen LogP contribution in [0.5, 0.6) is 0 Å². The second kappa shape index (κ2) is 5.74. The number of rotatable bonds is 4. The van der Waals surface area contributed by atoms with Crippen LogP contribution in [-0.2, 0) is 9.59 Å². The molecule has 110 valence electrons. The summed E-state index contributed by atoms with van der Waals surface area (Å²) in [5.74, 6) is -1.82. The smallest absolute Gasteiger partial charge is 0.262 e. The molecule has 0 aromatic heterocycles. The average molecular weight is 289 g/mol. The van der Waals surface area contributed by atoms with E-state index in [1.807, 2.05) is 0 Å². The molecule has 7 nitrogen and oxygen atoms in total. The lowest BCUT2D eigenvalue weighted by molar-refractivity contribution is -0.130. The van der Waals surface area contributed by atoms with E-state index in [2.05, 4.69) is 5.32 Å². The summed E-state index contributed by atoms with van der Waals surface area (Å²) in [4.78, 5) is 49.4. The highest BCUT2D eigenvalue weighted by atomic mass is 16.2. The molecule has 0 radical (unpaired) electrons. The molecule has 2 rings (SSSR count). The molecule has 21 heavy (non-hydrogen) atoms. The molecule has 1 heterocycles. The van der Waals surface area contributed by atoms with Gasteiger partial charge in [-0.2, -0.15) is 0 Å². The Morgan fingerprint density at radius 1 is 1.10 bits per heavy atom. The Balaban J connectivity index is 1.99. The molecule has 7 heteroatoms. The Kier molecular flexibility index (Phi) is 4.02. The Labute approximate surface area is 121 Å². The highest BCUT2D eigenvalue weighted by molar-refractivity contribution is 6.22. The average Bonchev–Trinajstić information content (AvgIpc) is 2.70. The number of amides is 4. The normalized spacial score (nSPS) is 13.1. The Bertz CT molecular complexity index is 589. The fraction of sp³-hybridized carbons (Fsp3) is 0.286.